The summed E-state index contributed by atoms with van der Waals surface area (Å²) in [5, 5.41) is 13.8. The molecule has 1 saturated carbocycles. The van der Waals surface area contributed by atoms with E-state index in [0.717, 1.165) is 38.6 Å². The van der Waals surface area contributed by atoms with Crippen LogP contribution in [0.2, 0.25) is 0 Å². The van der Waals surface area contributed by atoms with Crippen LogP contribution < -0.4 is 10.6 Å². The summed E-state index contributed by atoms with van der Waals surface area (Å²) in [7, 11) is 0. The lowest BCUT2D eigenvalue weighted by molar-refractivity contribution is -0.122. The fourth-order valence-corrected chi connectivity index (χ4v) is 2.46. The topological polar surface area (TPSA) is 80.1 Å². The van der Waals surface area contributed by atoms with Gasteiger partial charge in [-0.05, 0) is 38.6 Å². The van der Waals surface area contributed by atoms with Gasteiger partial charge < -0.3 is 9.73 Å². The second kappa shape index (κ2) is 4.35. The van der Waals surface area contributed by atoms with Crippen molar-refractivity contribution in [2.24, 2.45) is 0 Å². The predicted molar refractivity (Wildman–Crippen MR) is 65.2 cm³/mol. The van der Waals surface area contributed by atoms with E-state index in [1.807, 2.05) is 6.92 Å². The van der Waals surface area contributed by atoms with Crippen molar-refractivity contribution in [1.29, 1.82) is 0 Å². The maximum Gasteiger partial charge on any atom is 0.322 e. The third kappa shape index (κ3) is 2.01. The van der Waals surface area contributed by atoms with Crippen LogP contribution in [0.25, 0.3) is 0 Å². The van der Waals surface area contributed by atoms with E-state index in [1.165, 1.54) is 0 Å². The molecule has 2 fully saturated rings. The summed E-state index contributed by atoms with van der Waals surface area (Å²) in [6.07, 6.45) is 4.87. The first kappa shape index (κ1) is 11.6. The Morgan fingerprint density at radius 2 is 2.39 bits per heavy atom. The van der Waals surface area contributed by atoms with Crippen LogP contribution in [-0.2, 0) is 4.79 Å². The van der Waals surface area contributed by atoms with Gasteiger partial charge in [-0.15, -0.1) is 5.10 Å². The van der Waals surface area contributed by atoms with E-state index in [9.17, 15) is 4.79 Å². The van der Waals surface area contributed by atoms with Crippen molar-refractivity contribution in [3.05, 3.63) is 5.89 Å². The quantitative estimate of drug-likeness (QED) is 0.844. The van der Waals surface area contributed by atoms with Gasteiger partial charge in [0.15, 0.2) is 0 Å². The van der Waals surface area contributed by atoms with Gasteiger partial charge in [-0.2, -0.15) is 0 Å². The number of hydrogen-bond acceptors (Lipinski definition) is 5. The summed E-state index contributed by atoms with van der Waals surface area (Å²) in [5.74, 6) is 0.997. The molecular formula is C12H18N4O2. The van der Waals surface area contributed by atoms with Crippen molar-refractivity contribution in [1.82, 2.24) is 15.5 Å². The zero-order valence-corrected chi connectivity index (χ0v) is 10.5. The highest BCUT2D eigenvalue weighted by Crippen LogP contribution is 2.39. The van der Waals surface area contributed by atoms with E-state index >= 15 is 0 Å². The lowest BCUT2D eigenvalue weighted by Crippen LogP contribution is -2.50. The fourth-order valence-electron chi connectivity index (χ4n) is 2.46. The van der Waals surface area contributed by atoms with Crippen LogP contribution in [0.5, 0.6) is 0 Å². The highest BCUT2D eigenvalue weighted by Gasteiger charge is 2.40. The summed E-state index contributed by atoms with van der Waals surface area (Å²) in [5.41, 5.74) is -0.464. The van der Waals surface area contributed by atoms with Gasteiger partial charge >= 0.3 is 6.01 Å². The minimum absolute atomic E-state index is 0.0616. The molecule has 3 rings (SSSR count). The molecule has 1 saturated heterocycles. The van der Waals surface area contributed by atoms with Crippen LogP contribution in [0.3, 0.4) is 0 Å². The fraction of sp³-hybridized carbons (Fsp3) is 0.750. The molecule has 98 valence electrons. The number of aromatic nitrogens is 2. The lowest BCUT2D eigenvalue weighted by Gasteiger charge is -2.25. The molecule has 18 heavy (non-hydrogen) atoms. The Bertz CT molecular complexity index is 447. The molecule has 1 amide bonds. The van der Waals surface area contributed by atoms with E-state index in [2.05, 4.69) is 20.8 Å². The van der Waals surface area contributed by atoms with Crippen LogP contribution >= 0.6 is 0 Å². The molecule has 0 bridgehead atoms. The van der Waals surface area contributed by atoms with Crippen molar-refractivity contribution >= 4 is 11.9 Å². The average molecular weight is 250 g/mol. The number of hydrogen-bond donors (Lipinski definition) is 2. The Labute approximate surface area is 106 Å². The summed E-state index contributed by atoms with van der Waals surface area (Å²) in [4.78, 5) is 12.3. The number of carbonyl (C=O) groups is 1. The molecule has 0 aromatic carbocycles. The normalized spacial score (nSPS) is 27.4. The largest absolute Gasteiger partial charge is 0.408 e. The molecule has 1 aromatic rings. The first-order chi connectivity index (χ1) is 8.73. The van der Waals surface area contributed by atoms with Gasteiger partial charge in [0.25, 0.3) is 0 Å². The molecule has 6 heteroatoms. The highest BCUT2D eigenvalue weighted by molar-refractivity contribution is 5.96. The molecule has 0 spiro atoms. The summed E-state index contributed by atoms with van der Waals surface area (Å²) in [6.45, 7) is 2.90. The predicted octanol–water partition coefficient (Wildman–Crippen LogP) is 1.42. The maximum absolute atomic E-state index is 12.3. The Hall–Kier alpha value is -1.43. The van der Waals surface area contributed by atoms with E-state index in [1.54, 1.807) is 0 Å². The zero-order chi connectivity index (χ0) is 12.6. The van der Waals surface area contributed by atoms with Crippen LogP contribution in [0.4, 0.5) is 6.01 Å². The molecule has 1 aromatic heterocycles. The van der Waals surface area contributed by atoms with Crippen LogP contribution in [0.15, 0.2) is 4.42 Å². The Balaban J connectivity index is 1.68. The minimum Gasteiger partial charge on any atom is -0.408 e. The lowest BCUT2D eigenvalue weighted by atomic mass is 9.93. The van der Waals surface area contributed by atoms with Gasteiger partial charge in [0.1, 0.15) is 0 Å². The maximum atomic E-state index is 12.3. The third-order valence-corrected chi connectivity index (χ3v) is 3.87. The number of amides is 1. The molecule has 1 unspecified atom stereocenters. The SMILES string of the molecule is CCC1(C(=O)Nc2nnc(C3CC3)o2)CCCN1. The average Bonchev–Trinajstić information content (AvgIpc) is 2.93. The molecular weight excluding hydrogens is 232 g/mol. The smallest absolute Gasteiger partial charge is 0.322 e. The van der Waals surface area contributed by atoms with Gasteiger partial charge in [0.2, 0.25) is 11.8 Å². The van der Waals surface area contributed by atoms with Crippen LogP contribution in [-0.4, -0.2) is 28.2 Å². The number of nitrogens with zero attached hydrogens (tertiary/aromatic N) is 2. The summed E-state index contributed by atoms with van der Waals surface area (Å²) < 4.78 is 5.45. The first-order valence-corrected chi connectivity index (χ1v) is 6.63. The van der Waals surface area contributed by atoms with Gasteiger partial charge in [-0.1, -0.05) is 12.0 Å². The third-order valence-electron chi connectivity index (χ3n) is 3.87. The monoisotopic (exact) mass is 250 g/mol. The standard InChI is InChI=1S/C12H18N4O2/c1-2-12(6-3-7-13-12)10(17)14-11-16-15-9(18-11)8-4-5-8/h8,13H,2-7H2,1H3,(H,14,16,17). The van der Waals surface area contributed by atoms with Gasteiger partial charge in [-0.25, -0.2) is 0 Å². The van der Waals surface area contributed by atoms with Crippen molar-refractivity contribution in [3.63, 3.8) is 0 Å². The molecule has 0 radical (unpaired) electrons. The van der Waals surface area contributed by atoms with E-state index < -0.39 is 5.54 Å². The summed E-state index contributed by atoms with van der Waals surface area (Å²) in [6, 6.07) is 0.225. The van der Waals surface area contributed by atoms with Crippen molar-refractivity contribution < 1.29 is 9.21 Å². The molecule has 1 atom stereocenters. The number of anilines is 1. The molecule has 6 nitrogen and oxygen atoms in total. The second-order valence-corrected chi connectivity index (χ2v) is 5.14. The molecule has 1 aliphatic heterocycles. The van der Waals surface area contributed by atoms with Gasteiger partial charge in [0.05, 0.1) is 5.54 Å². The Morgan fingerprint density at radius 1 is 1.56 bits per heavy atom. The Morgan fingerprint density at radius 3 is 3.00 bits per heavy atom. The van der Waals surface area contributed by atoms with Crippen LogP contribution in [0.1, 0.15) is 50.8 Å². The number of rotatable bonds is 4. The van der Waals surface area contributed by atoms with Gasteiger partial charge in [-0.3, -0.25) is 10.1 Å². The Kier molecular flexibility index (Phi) is 2.81. The molecule has 2 aliphatic rings. The van der Waals surface area contributed by atoms with E-state index in [0.29, 0.717) is 11.8 Å². The first-order valence-electron chi connectivity index (χ1n) is 6.63. The molecule has 2 N–H and O–H groups in total. The van der Waals surface area contributed by atoms with Crippen molar-refractivity contribution in [2.75, 3.05) is 11.9 Å². The van der Waals surface area contributed by atoms with Crippen molar-refractivity contribution in [2.45, 2.75) is 50.5 Å². The zero-order valence-electron chi connectivity index (χ0n) is 10.5. The second-order valence-electron chi connectivity index (χ2n) is 5.14. The molecule has 1 aliphatic carbocycles. The number of carbonyl (C=O) groups excluding carboxylic acids is 1. The van der Waals surface area contributed by atoms with E-state index in [-0.39, 0.29) is 11.9 Å². The van der Waals surface area contributed by atoms with Gasteiger partial charge in [0, 0.05) is 5.92 Å². The molecule has 2 heterocycles. The van der Waals surface area contributed by atoms with E-state index in [4.69, 9.17) is 4.42 Å². The van der Waals surface area contributed by atoms with Crippen LogP contribution in [0, 0.1) is 0 Å². The number of nitrogens with one attached hydrogen (secondary N) is 2. The highest BCUT2D eigenvalue weighted by atomic mass is 16.4. The summed E-state index contributed by atoms with van der Waals surface area (Å²) >= 11 is 0. The van der Waals surface area contributed by atoms with Crippen molar-refractivity contribution in [3.8, 4) is 0 Å². The minimum atomic E-state index is -0.464.